The highest BCUT2D eigenvalue weighted by Gasteiger charge is 2.31. The molecular weight excluding hydrogens is 218 g/mol. The van der Waals surface area contributed by atoms with E-state index in [4.69, 9.17) is 8.84 Å². The van der Waals surface area contributed by atoms with Gasteiger partial charge in [-0.3, -0.25) is 0 Å². The summed E-state index contributed by atoms with van der Waals surface area (Å²) >= 11 is 0. The van der Waals surface area contributed by atoms with E-state index in [2.05, 4.69) is 25.7 Å². The number of hydrogen-bond acceptors (Lipinski definition) is 3. The Morgan fingerprint density at radius 3 is 2.62 bits per heavy atom. The van der Waals surface area contributed by atoms with E-state index in [1.807, 2.05) is 19.1 Å². The first-order chi connectivity index (χ1) is 7.35. The third kappa shape index (κ3) is 4.21. The van der Waals surface area contributed by atoms with Crippen molar-refractivity contribution in [1.82, 2.24) is 0 Å². The second-order valence-corrected chi connectivity index (χ2v) is 9.57. The second-order valence-electron chi connectivity index (χ2n) is 5.14. The van der Waals surface area contributed by atoms with E-state index < -0.39 is 13.9 Å². The van der Waals surface area contributed by atoms with E-state index >= 15 is 0 Å². The average Bonchev–Trinajstić information content (AvgIpc) is 2.64. The number of furan rings is 1. The summed E-state index contributed by atoms with van der Waals surface area (Å²) in [6.45, 7) is 8.13. The van der Waals surface area contributed by atoms with Gasteiger partial charge in [-0.15, -0.1) is 0 Å². The van der Waals surface area contributed by atoms with Crippen molar-refractivity contribution in [2.45, 2.75) is 45.0 Å². The Kier molecular flexibility index (Phi) is 3.95. The molecular formula is C12H19NO2Si. The summed E-state index contributed by atoms with van der Waals surface area (Å²) in [5, 5.41) is 9.19. The van der Waals surface area contributed by atoms with Gasteiger partial charge in [-0.25, -0.2) is 0 Å². The van der Waals surface area contributed by atoms with Crippen molar-refractivity contribution in [3.63, 3.8) is 0 Å². The molecule has 16 heavy (non-hydrogen) atoms. The van der Waals surface area contributed by atoms with Gasteiger partial charge in [0.2, 0.25) is 0 Å². The van der Waals surface area contributed by atoms with E-state index in [0.29, 0.717) is 6.42 Å². The highest BCUT2D eigenvalue weighted by atomic mass is 28.4. The minimum atomic E-state index is -1.69. The van der Waals surface area contributed by atoms with Crippen molar-refractivity contribution in [2.24, 2.45) is 0 Å². The molecule has 0 radical (unpaired) electrons. The summed E-state index contributed by atoms with van der Waals surface area (Å²) in [6, 6.07) is 6.05. The molecule has 0 N–H and O–H groups in total. The fourth-order valence-electron chi connectivity index (χ4n) is 1.62. The van der Waals surface area contributed by atoms with Gasteiger partial charge >= 0.3 is 0 Å². The van der Waals surface area contributed by atoms with E-state index in [9.17, 15) is 5.26 Å². The van der Waals surface area contributed by atoms with E-state index in [1.54, 1.807) is 6.26 Å². The number of nitriles is 1. The Morgan fingerprint density at radius 1 is 1.50 bits per heavy atom. The minimum Gasteiger partial charge on any atom is -0.469 e. The quantitative estimate of drug-likeness (QED) is 0.738. The van der Waals surface area contributed by atoms with Gasteiger partial charge in [0.1, 0.15) is 11.4 Å². The molecule has 0 saturated carbocycles. The minimum absolute atomic E-state index is 0.668. The molecule has 0 amide bonds. The number of nitrogens with zero attached hydrogens (tertiary/aromatic N) is 1. The Balaban J connectivity index is 2.58. The third-order valence-electron chi connectivity index (χ3n) is 2.20. The van der Waals surface area contributed by atoms with Gasteiger partial charge in [-0.05, 0) is 45.1 Å². The van der Waals surface area contributed by atoms with Crippen LogP contribution in [-0.4, -0.2) is 13.9 Å². The van der Waals surface area contributed by atoms with Crippen LogP contribution in [0.15, 0.2) is 22.8 Å². The summed E-state index contributed by atoms with van der Waals surface area (Å²) in [5.41, 5.74) is -0.697. The molecule has 1 atom stereocenters. The summed E-state index contributed by atoms with van der Waals surface area (Å²) in [4.78, 5) is 0. The lowest BCUT2D eigenvalue weighted by atomic mass is 10.0. The van der Waals surface area contributed by atoms with Crippen LogP contribution in [0.1, 0.15) is 19.1 Å². The maximum atomic E-state index is 9.19. The molecule has 1 rings (SSSR count). The van der Waals surface area contributed by atoms with Crippen molar-refractivity contribution in [2.75, 3.05) is 0 Å². The molecule has 0 spiro atoms. The smallest absolute Gasteiger partial charge is 0.185 e. The van der Waals surface area contributed by atoms with Gasteiger partial charge in [-0.1, -0.05) is 0 Å². The Morgan fingerprint density at radius 2 is 2.19 bits per heavy atom. The SMILES string of the molecule is CC(C#N)(CCc1ccco1)O[Si](C)(C)C. The molecule has 1 aromatic rings. The van der Waals surface area contributed by atoms with Crippen molar-refractivity contribution in [3.05, 3.63) is 24.2 Å². The molecule has 3 nitrogen and oxygen atoms in total. The zero-order valence-electron chi connectivity index (χ0n) is 10.4. The van der Waals surface area contributed by atoms with Crippen LogP contribution in [0.5, 0.6) is 0 Å². The molecule has 4 heteroatoms. The van der Waals surface area contributed by atoms with Crippen molar-refractivity contribution >= 4 is 8.32 Å². The van der Waals surface area contributed by atoms with Crippen LogP contribution >= 0.6 is 0 Å². The maximum Gasteiger partial charge on any atom is 0.185 e. The number of rotatable bonds is 5. The summed E-state index contributed by atoms with van der Waals surface area (Å²) in [5.74, 6) is 0.903. The highest BCUT2D eigenvalue weighted by Crippen LogP contribution is 2.23. The van der Waals surface area contributed by atoms with Crippen molar-refractivity contribution < 1.29 is 8.84 Å². The summed E-state index contributed by atoms with van der Waals surface area (Å²) in [6.07, 6.45) is 3.06. The van der Waals surface area contributed by atoms with Crippen LogP contribution < -0.4 is 0 Å². The van der Waals surface area contributed by atoms with E-state index in [-0.39, 0.29) is 0 Å². The monoisotopic (exact) mass is 237 g/mol. The summed E-state index contributed by atoms with van der Waals surface area (Å²) in [7, 11) is -1.69. The summed E-state index contributed by atoms with van der Waals surface area (Å²) < 4.78 is 11.2. The van der Waals surface area contributed by atoms with Crippen LogP contribution in [0.4, 0.5) is 0 Å². The number of hydrogen-bond donors (Lipinski definition) is 0. The van der Waals surface area contributed by atoms with Gasteiger partial charge in [0.05, 0.1) is 12.3 Å². The maximum absolute atomic E-state index is 9.19. The zero-order chi connectivity index (χ0) is 12.2. The van der Waals surface area contributed by atoms with Gasteiger partial charge in [0.15, 0.2) is 8.32 Å². The lowest BCUT2D eigenvalue weighted by Crippen LogP contribution is -2.39. The van der Waals surface area contributed by atoms with Crippen LogP contribution in [-0.2, 0) is 10.8 Å². The lowest BCUT2D eigenvalue weighted by molar-refractivity contribution is 0.128. The van der Waals surface area contributed by atoms with Gasteiger partial charge in [-0.2, -0.15) is 5.26 Å². The molecule has 0 bridgehead atoms. The molecule has 0 aliphatic carbocycles. The molecule has 1 aromatic heterocycles. The molecule has 0 aromatic carbocycles. The lowest BCUT2D eigenvalue weighted by Gasteiger charge is -2.30. The van der Waals surface area contributed by atoms with Crippen LogP contribution in [0.25, 0.3) is 0 Å². The van der Waals surface area contributed by atoms with Crippen LogP contribution in [0.2, 0.25) is 19.6 Å². The largest absolute Gasteiger partial charge is 0.469 e. The standard InChI is InChI=1S/C12H19NO2Si/c1-12(10-13,15-16(2,3)4)8-7-11-6-5-9-14-11/h5-6,9H,7-8H2,1-4H3. The predicted molar refractivity (Wildman–Crippen MR) is 65.5 cm³/mol. The molecule has 0 saturated heterocycles. The first-order valence-corrected chi connectivity index (χ1v) is 8.89. The van der Waals surface area contributed by atoms with Gasteiger partial charge < -0.3 is 8.84 Å². The van der Waals surface area contributed by atoms with Crippen LogP contribution in [0, 0.1) is 11.3 Å². The van der Waals surface area contributed by atoms with Crippen molar-refractivity contribution in [3.8, 4) is 6.07 Å². The molecule has 0 fully saturated rings. The fraction of sp³-hybridized carbons (Fsp3) is 0.583. The average molecular weight is 237 g/mol. The molecule has 1 heterocycles. The highest BCUT2D eigenvalue weighted by molar-refractivity contribution is 6.69. The van der Waals surface area contributed by atoms with E-state index in [1.165, 1.54) is 0 Å². The normalized spacial score (nSPS) is 15.4. The number of aryl methyl sites for hydroxylation is 1. The fourth-order valence-corrected chi connectivity index (χ4v) is 3.12. The molecule has 0 aliphatic rings. The first-order valence-electron chi connectivity index (χ1n) is 5.48. The van der Waals surface area contributed by atoms with Gasteiger partial charge in [0, 0.05) is 6.42 Å². The Hall–Kier alpha value is -1.05. The van der Waals surface area contributed by atoms with E-state index in [0.717, 1.165) is 12.2 Å². The molecule has 0 aliphatic heterocycles. The van der Waals surface area contributed by atoms with Crippen LogP contribution in [0.3, 0.4) is 0 Å². The predicted octanol–water partition coefficient (Wildman–Crippen LogP) is 3.35. The first kappa shape index (κ1) is 13.0. The Labute approximate surface area is 98.2 Å². The van der Waals surface area contributed by atoms with Gasteiger partial charge in [0.25, 0.3) is 0 Å². The zero-order valence-corrected chi connectivity index (χ0v) is 11.4. The second kappa shape index (κ2) is 4.85. The third-order valence-corrected chi connectivity index (χ3v) is 3.26. The topological polar surface area (TPSA) is 46.2 Å². The molecule has 88 valence electrons. The van der Waals surface area contributed by atoms with Crippen molar-refractivity contribution in [1.29, 1.82) is 5.26 Å². The molecule has 1 unspecified atom stereocenters. The Bertz CT molecular complexity index is 361.